The molecular formula is C17H21N3O4. The van der Waals surface area contributed by atoms with Gasteiger partial charge in [-0.05, 0) is 30.5 Å². The molecule has 7 heteroatoms. The van der Waals surface area contributed by atoms with Crippen molar-refractivity contribution in [2.75, 3.05) is 26.7 Å². The number of hydrogen-bond acceptors (Lipinski definition) is 4. The molecule has 3 rings (SSSR count). The average Bonchev–Trinajstić information content (AvgIpc) is 2.94. The molecule has 0 unspecified atom stereocenters. The molecular weight excluding hydrogens is 310 g/mol. The van der Waals surface area contributed by atoms with Gasteiger partial charge in [0.1, 0.15) is 5.75 Å². The maximum atomic E-state index is 12.4. The lowest BCUT2D eigenvalue weighted by Crippen LogP contribution is -2.49. The first-order valence-electron chi connectivity index (χ1n) is 8.09. The summed E-state index contributed by atoms with van der Waals surface area (Å²) in [5.74, 6) is 0.652. The number of rotatable bonds is 4. The molecule has 0 radical (unpaired) electrons. The minimum atomic E-state index is -0.317. The van der Waals surface area contributed by atoms with Gasteiger partial charge in [-0.2, -0.15) is 0 Å². The van der Waals surface area contributed by atoms with Gasteiger partial charge in [-0.1, -0.05) is 12.1 Å². The molecule has 128 valence electrons. The fourth-order valence-corrected chi connectivity index (χ4v) is 3.21. The summed E-state index contributed by atoms with van der Waals surface area (Å²) in [5, 5.41) is 2.54. The first-order valence-corrected chi connectivity index (χ1v) is 8.09. The van der Waals surface area contributed by atoms with Gasteiger partial charge in [0.15, 0.2) is 0 Å². The Morgan fingerprint density at radius 3 is 2.42 bits per heavy atom. The number of amides is 4. The molecule has 0 aliphatic carbocycles. The molecule has 7 nitrogen and oxygen atoms in total. The first-order chi connectivity index (χ1) is 11.6. The number of imide groups is 1. The Bertz CT molecular complexity index is 620. The van der Waals surface area contributed by atoms with Crippen molar-refractivity contribution in [3.63, 3.8) is 0 Å². The van der Waals surface area contributed by atoms with Crippen LogP contribution in [0.25, 0.3) is 0 Å². The molecule has 0 atom stereocenters. The normalized spacial score (nSPS) is 18.7. The number of ether oxygens (including phenoxy) is 1. The van der Waals surface area contributed by atoms with Crippen molar-refractivity contribution < 1.29 is 19.1 Å². The van der Waals surface area contributed by atoms with Gasteiger partial charge >= 0.3 is 6.03 Å². The second-order valence-electron chi connectivity index (χ2n) is 6.06. The second kappa shape index (κ2) is 6.90. The van der Waals surface area contributed by atoms with Crippen LogP contribution in [0.4, 0.5) is 4.79 Å². The maximum absolute atomic E-state index is 12.4. The van der Waals surface area contributed by atoms with Gasteiger partial charge in [0.25, 0.3) is 0 Å². The van der Waals surface area contributed by atoms with E-state index in [1.54, 1.807) is 12.0 Å². The van der Waals surface area contributed by atoms with E-state index >= 15 is 0 Å². The van der Waals surface area contributed by atoms with Crippen molar-refractivity contribution in [1.29, 1.82) is 0 Å². The third kappa shape index (κ3) is 3.34. The van der Waals surface area contributed by atoms with Crippen LogP contribution in [0, 0.1) is 0 Å². The first kappa shape index (κ1) is 16.3. The van der Waals surface area contributed by atoms with E-state index in [0.29, 0.717) is 32.4 Å². The van der Waals surface area contributed by atoms with Crippen LogP contribution in [0.5, 0.6) is 5.75 Å². The van der Waals surface area contributed by atoms with E-state index in [2.05, 4.69) is 5.32 Å². The summed E-state index contributed by atoms with van der Waals surface area (Å²) in [5.41, 5.74) is 0.942. The van der Waals surface area contributed by atoms with Crippen LogP contribution in [0.1, 0.15) is 18.4 Å². The molecule has 1 aromatic carbocycles. The van der Waals surface area contributed by atoms with Crippen LogP contribution in [0.2, 0.25) is 0 Å². The largest absolute Gasteiger partial charge is 0.497 e. The molecule has 1 aromatic rings. The molecule has 2 fully saturated rings. The Hall–Kier alpha value is -2.57. The van der Waals surface area contributed by atoms with E-state index < -0.39 is 0 Å². The Morgan fingerprint density at radius 1 is 1.21 bits per heavy atom. The SMILES string of the molecule is COc1ccc(CC(=O)N2CCC(N3C(=O)CNC3=O)CC2)cc1. The third-order valence-corrected chi connectivity index (χ3v) is 4.58. The number of nitrogens with zero attached hydrogens (tertiary/aromatic N) is 2. The second-order valence-corrected chi connectivity index (χ2v) is 6.06. The van der Waals surface area contributed by atoms with E-state index in [4.69, 9.17) is 4.74 Å². The Labute approximate surface area is 140 Å². The van der Waals surface area contributed by atoms with Crippen molar-refractivity contribution in [2.45, 2.75) is 25.3 Å². The topological polar surface area (TPSA) is 79.0 Å². The molecule has 0 aromatic heterocycles. The molecule has 2 heterocycles. The van der Waals surface area contributed by atoms with E-state index in [0.717, 1.165) is 11.3 Å². The lowest BCUT2D eigenvalue weighted by Gasteiger charge is -2.35. The quantitative estimate of drug-likeness (QED) is 0.827. The van der Waals surface area contributed by atoms with Crippen LogP contribution in [-0.4, -0.2) is 60.4 Å². The molecule has 0 bridgehead atoms. The summed E-state index contributed by atoms with van der Waals surface area (Å²) >= 11 is 0. The summed E-state index contributed by atoms with van der Waals surface area (Å²) in [4.78, 5) is 39.0. The molecule has 2 aliphatic heterocycles. The van der Waals surface area contributed by atoms with Gasteiger partial charge in [0.05, 0.1) is 20.1 Å². The van der Waals surface area contributed by atoms with Crippen LogP contribution in [0.3, 0.4) is 0 Å². The number of methoxy groups -OCH3 is 1. The number of urea groups is 1. The molecule has 0 spiro atoms. The van der Waals surface area contributed by atoms with E-state index in [1.807, 2.05) is 24.3 Å². The Morgan fingerprint density at radius 2 is 1.88 bits per heavy atom. The number of benzene rings is 1. The maximum Gasteiger partial charge on any atom is 0.324 e. The average molecular weight is 331 g/mol. The predicted octanol–water partition coefficient (Wildman–Crippen LogP) is 0.780. The smallest absolute Gasteiger partial charge is 0.324 e. The van der Waals surface area contributed by atoms with Gasteiger partial charge in [-0.25, -0.2) is 4.79 Å². The number of carbonyl (C=O) groups excluding carboxylic acids is 3. The number of piperidine rings is 1. The van der Waals surface area contributed by atoms with Crippen molar-refractivity contribution in [1.82, 2.24) is 15.1 Å². The van der Waals surface area contributed by atoms with Gasteiger partial charge in [-0.15, -0.1) is 0 Å². The van der Waals surface area contributed by atoms with E-state index in [9.17, 15) is 14.4 Å². The number of nitrogens with one attached hydrogen (secondary N) is 1. The van der Waals surface area contributed by atoms with Gasteiger partial charge in [-0.3, -0.25) is 14.5 Å². The monoisotopic (exact) mass is 331 g/mol. The molecule has 4 amide bonds. The number of carbonyl (C=O) groups is 3. The number of likely N-dealkylation sites (tertiary alicyclic amines) is 1. The standard InChI is InChI=1S/C17H21N3O4/c1-24-14-4-2-12(3-5-14)10-15(21)19-8-6-13(7-9-19)20-16(22)11-18-17(20)23/h2-5,13H,6-11H2,1H3,(H,18,23). The Balaban J connectivity index is 1.53. The molecule has 0 saturated carbocycles. The highest BCUT2D eigenvalue weighted by Gasteiger charge is 2.37. The Kier molecular flexibility index (Phi) is 4.69. The van der Waals surface area contributed by atoms with Crippen LogP contribution in [0.15, 0.2) is 24.3 Å². The minimum Gasteiger partial charge on any atom is -0.497 e. The number of hydrogen-bond donors (Lipinski definition) is 1. The van der Waals surface area contributed by atoms with Gasteiger partial charge < -0.3 is 15.0 Å². The van der Waals surface area contributed by atoms with Crippen LogP contribution < -0.4 is 10.1 Å². The molecule has 2 aliphatic rings. The van der Waals surface area contributed by atoms with Gasteiger partial charge in [0.2, 0.25) is 11.8 Å². The van der Waals surface area contributed by atoms with Crippen molar-refractivity contribution in [2.24, 2.45) is 0 Å². The molecule has 1 N–H and O–H groups in total. The molecule has 24 heavy (non-hydrogen) atoms. The fourth-order valence-electron chi connectivity index (χ4n) is 3.21. The molecule has 2 saturated heterocycles. The van der Waals surface area contributed by atoms with E-state index in [1.165, 1.54) is 4.90 Å². The summed E-state index contributed by atoms with van der Waals surface area (Å²) < 4.78 is 5.11. The summed E-state index contributed by atoms with van der Waals surface area (Å²) in [6, 6.07) is 7.03. The van der Waals surface area contributed by atoms with Crippen molar-refractivity contribution in [3.8, 4) is 5.75 Å². The van der Waals surface area contributed by atoms with Crippen LogP contribution >= 0.6 is 0 Å². The van der Waals surface area contributed by atoms with Crippen LogP contribution in [-0.2, 0) is 16.0 Å². The van der Waals surface area contributed by atoms with Gasteiger partial charge in [0, 0.05) is 19.1 Å². The van der Waals surface area contributed by atoms with Crippen molar-refractivity contribution >= 4 is 17.8 Å². The zero-order valence-electron chi connectivity index (χ0n) is 13.7. The third-order valence-electron chi connectivity index (χ3n) is 4.58. The zero-order chi connectivity index (χ0) is 17.1. The highest BCUT2D eigenvalue weighted by atomic mass is 16.5. The minimum absolute atomic E-state index is 0.0656. The lowest BCUT2D eigenvalue weighted by atomic mass is 10.0. The predicted molar refractivity (Wildman–Crippen MR) is 86.5 cm³/mol. The highest BCUT2D eigenvalue weighted by molar-refractivity contribution is 6.02. The summed E-state index contributed by atoms with van der Waals surface area (Å²) in [6.07, 6.45) is 1.61. The van der Waals surface area contributed by atoms with E-state index in [-0.39, 0.29) is 30.4 Å². The summed E-state index contributed by atoms with van der Waals surface area (Å²) in [7, 11) is 1.61. The fraction of sp³-hybridized carbons (Fsp3) is 0.471. The zero-order valence-corrected chi connectivity index (χ0v) is 13.7. The van der Waals surface area contributed by atoms with Crippen molar-refractivity contribution in [3.05, 3.63) is 29.8 Å². The lowest BCUT2D eigenvalue weighted by molar-refractivity contribution is -0.132. The highest BCUT2D eigenvalue weighted by Crippen LogP contribution is 2.20. The summed E-state index contributed by atoms with van der Waals surface area (Å²) in [6.45, 7) is 1.21.